The summed E-state index contributed by atoms with van der Waals surface area (Å²) in [5.41, 5.74) is 0.546. The van der Waals surface area contributed by atoms with Gasteiger partial charge >= 0.3 is 11.7 Å². The number of esters is 1. The van der Waals surface area contributed by atoms with Crippen LogP contribution in [0.2, 0.25) is 0 Å². The van der Waals surface area contributed by atoms with Gasteiger partial charge in [-0.05, 0) is 6.42 Å². The first-order valence-corrected chi connectivity index (χ1v) is 7.31. The first kappa shape index (κ1) is 16.5. The minimum absolute atomic E-state index is 0.0522. The van der Waals surface area contributed by atoms with Crippen molar-refractivity contribution >= 4 is 23.4 Å². The Morgan fingerprint density at radius 1 is 1.60 bits per heavy atom. The van der Waals surface area contributed by atoms with E-state index in [9.17, 15) is 14.9 Å². The molecule has 0 N–H and O–H groups in total. The summed E-state index contributed by atoms with van der Waals surface area (Å²) in [6.07, 6.45) is 1.36. The van der Waals surface area contributed by atoms with Gasteiger partial charge in [0.2, 0.25) is 0 Å². The number of carbonyl (C=O) groups excluding carboxylic acids is 1. The number of hydrogen-bond donors (Lipinski definition) is 0. The highest BCUT2D eigenvalue weighted by Crippen LogP contribution is 2.33. The van der Waals surface area contributed by atoms with Crippen LogP contribution in [0.4, 0.5) is 5.69 Å². The van der Waals surface area contributed by atoms with Gasteiger partial charge in [0.25, 0.3) is 0 Å². The minimum atomic E-state index is -0.400. The molecule has 0 aliphatic carbocycles. The molecule has 0 spiro atoms. The highest BCUT2D eigenvalue weighted by atomic mass is 32.2. The Morgan fingerprint density at radius 2 is 2.25 bits per heavy atom. The number of carbonyl (C=O) groups is 1. The van der Waals surface area contributed by atoms with Crippen molar-refractivity contribution in [2.24, 2.45) is 13.0 Å². The normalized spacial score (nSPS) is 12.2. The number of aromatic nitrogens is 2. The topological polar surface area (TPSA) is 87.3 Å². The molecule has 0 bridgehead atoms. The molecular weight excluding hydrogens is 282 g/mol. The molecule has 0 saturated carbocycles. The van der Waals surface area contributed by atoms with Crippen LogP contribution in [0.5, 0.6) is 0 Å². The third-order valence-electron chi connectivity index (χ3n) is 2.78. The lowest BCUT2D eigenvalue weighted by atomic mass is 10.2. The molecule has 1 atom stereocenters. The van der Waals surface area contributed by atoms with Crippen LogP contribution >= 0.6 is 11.8 Å². The maximum absolute atomic E-state index is 11.4. The van der Waals surface area contributed by atoms with Crippen LogP contribution in [0, 0.1) is 16.0 Å². The largest absolute Gasteiger partial charge is 0.469 e. The number of ether oxygens (including phenoxy) is 1. The molecule has 0 radical (unpaired) electrons. The molecular formula is C12H19N3O4S. The van der Waals surface area contributed by atoms with Crippen LogP contribution in [0.1, 0.15) is 26.0 Å². The number of nitro groups is 1. The highest BCUT2D eigenvalue weighted by Gasteiger charge is 2.27. The molecule has 8 heteroatoms. The molecule has 1 unspecified atom stereocenters. The maximum Gasteiger partial charge on any atom is 0.323 e. The van der Waals surface area contributed by atoms with Crippen LogP contribution in [0.15, 0.2) is 5.03 Å². The van der Waals surface area contributed by atoms with Gasteiger partial charge < -0.3 is 4.74 Å². The van der Waals surface area contributed by atoms with E-state index >= 15 is 0 Å². The molecule has 0 saturated heterocycles. The SMILES string of the molecule is CCCc1nn(C)c(SCC(C)C(=O)OC)c1[N+](=O)[O-]. The molecule has 1 aromatic rings. The molecule has 1 rings (SSSR count). The van der Waals surface area contributed by atoms with Crippen molar-refractivity contribution in [3.05, 3.63) is 15.8 Å². The quantitative estimate of drug-likeness (QED) is 0.332. The van der Waals surface area contributed by atoms with Gasteiger partial charge in [-0.3, -0.25) is 19.6 Å². The second kappa shape index (κ2) is 7.28. The van der Waals surface area contributed by atoms with Gasteiger partial charge in [-0.15, -0.1) is 0 Å². The Kier molecular flexibility index (Phi) is 6.00. The van der Waals surface area contributed by atoms with Gasteiger partial charge in [0.05, 0.1) is 18.0 Å². The van der Waals surface area contributed by atoms with Gasteiger partial charge in [0.1, 0.15) is 5.69 Å². The van der Waals surface area contributed by atoms with Gasteiger partial charge in [-0.2, -0.15) is 5.10 Å². The van der Waals surface area contributed by atoms with Crippen LogP contribution in [0.3, 0.4) is 0 Å². The first-order chi connectivity index (χ1) is 9.42. The molecule has 20 heavy (non-hydrogen) atoms. The van der Waals surface area contributed by atoms with Gasteiger partial charge in [0, 0.05) is 12.8 Å². The monoisotopic (exact) mass is 301 g/mol. The smallest absolute Gasteiger partial charge is 0.323 e. The van der Waals surface area contributed by atoms with Crippen LogP contribution < -0.4 is 0 Å². The third kappa shape index (κ3) is 3.72. The van der Waals surface area contributed by atoms with Gasteiger partial charge in [-0.25, -0.2) is 0 Å². The lowest BCUT2D eigenvalue weighted by Crippen LogP contribution is -2.15. The Balaban J connectivity index is 2.94. The summed E-state index contributed by atoms with van der Waals surface area (Å²) in [5, 5.41) is 15.9. The zero-order valence-electron chi connectivity index (χ0n) is 12.1. The van der Waals surface area contributed by atoms with E-state index in [1.165, 1.54) is 23.6 Å². The highest BCUT2D eigenvalue weighted by molar-refractivity contribution is 7.99. The van der Waals surface area contributed by atoms with E-state index in [4.69, 9.17) is 0 Å². The van der Waals surface area contributed by atoms with Gasteiger partial charge in [0.15, 0.2) is 5.03 Å². The summed E-state index contributed by atoms with van der Waals surface area (Å²) < 4.78 is 6.16. The Morgan fingerprint density at radius 3 is 2.75 bits per heavy atom. The number of nitrogens with zero attached hydrogens (tertiary/aromatic N) is 3. The summed E-state index contributed by atoms with van der Waals surface area (Å²) >= 11 is 1.26. The van der Waals surface area contributed by atoms with E-state index in [1.807, 2.05) is 6.92 Å². The van der Waals surface area contributed by atoms with Crippen LogP contribution in [-0.2, 0) is 23.0 Å². The summed E-state index contributed by atoms with van der Waals surface area (Å²) in [6.45, 7) is 3.68. The fourth-order valence-electron chi connectivity index (χ4n) is 1.77. The maximum atomic E-state index is 11.4. The van der Waals surface area contributed by atoms with Crippen LogP contribution in [-0.4, -0.2) is 33.5 Å². The first-order valence-electron chi connectivity index (χ1n) is 6.33. The molecule has 1 heterocycles. The number of thioether (sulfide) groups is 1. The summed E-state index contributed by atoms with van der Waals surface area (Å²) in [6, 6.07) is 0. The molecule has 0 fully saturated rings. The summed E-state index contributed by atoms with van der Waals surface area (Å²) in [4.78, 5) is 22.2. The lowest BCUT2D eigenvalue weighted by Gasteiger charge is -2.08. The second-order valence-corrected chi connectivity index (χ2v) is 5.48. The predicted octanol–water partition coefficient (Wildman–Crippen LogP) is 2.18. The van der Waals surface area contributed by atoms with Crippen molar-refractivity contribution in [2.75, 3.05) is 12.9 Å². The van der Waals surface area contributed by atoms with Crippen LogP contribution in [0.25, 0.3) is 0 Å². The number of aryl methyl sites for hydroxylation is 2. The average Bonchev–Trinajstić information content (AvgIpc) is 2.71. The van der Waals surface area contributed by atoms with E-state index in [0.717, 1.165) is 6.42 Å². The number of rotatable bonds is 7. The van der Waals surface area contributed by atoms with E-state index < -0.39 is 4.92 Å². The number of methoxy groups -OCH3 is 1. The van der Waals surface area contributed by atoms with Crippen molar-refractivity contribution in [3.63, 3.8) is 0 Å². The van der Waals surface area contributed by atoms with Crippen molar-refractivity contribution in [2.45, 2.75) is 31.7 Å². The van der Waals surface area contributed by atoms with Crippen molar-refractivity contribution < 1.29 is 14.5 Å². The van der Waals surface area contributed by atoms with E-state index in [1.54, 1.807) is 14.0 Å². The van der Waals surface area contributed by atoms with Crippen molar-refractivity contribution in [1.82, 2.24) is 9.78 Å². The van der Waals surface area contributed by atoms with E-state index in [0.29, 0.717) is 22.9 Å². The zero-order chi connectivity index (χ0) is 15.3. The summed E-state index contributed by atoms with van der Waals surface area (Å²) in [7, 11) is 3.01. The average molecular weight is 301 g/mol. The Labute approximate surface area is 121 Å². The van der Waals surface area contributed by atoms with Gasteiger partial charge in [-0.1, -0.05) is 32.0 Å². The molecule has 112 valence electrons. The fraction of sp³-hybridized carbons (Fsp3) is 0.667. The fourth-order valence-corrected chi connectivity index (χ4v) is 2.87. The molecule has 1 aromatic heterocycles. The Bertz CT molecular complexity index is 501. The molecule has 0 aromatic carbocycles. The summed E-state index contributed by atoms with van der Waals surface area (Å²) in [5.74, 6) is -0.233. The molecule has 0 amide bonds. The minimum Gasteiger partial charge on any atom is -0.469 e. The standard InChI is InChI=1S/C12H19N3O4S/c1-5-6-9-10(15(17)18)11(14(3)13-9)20-7-8(2)12(16)19-4/h8H,5-7H2,1-4H3. The second-order valence-electron chi connectivity index (χ2n) is 4.47. The third-order valence-corrected chi connectivity index (χ3v) is 4.18. The van der Waals surface area contributed by atoms with E-state index in [-0.39, 0.29) is 17.6 Å². The Hall–Kier alpha value is -1.57. The van der Waals surface area contributed by atoms with E-state index in [2.05, 4.69) is 9.84 Å². The zero-order valence-corrected chi connectivity index (χ0v) is 12.9. The molecule has 0 aliphatic heterocycles. The molecule has 0 aliphatic rings. The number of hydrogen-bond acceptors (Lipinski definition) is 6. The molecule has 7 nitrogen and oxygen atoms in total. The van der Waals surface area contributed by atoms with Crippen molar-refractivity contribution in [3.8, 4) is 0 Å². The lowest BCUT2D eigenvalue weighted by molar-refractivity contribution is -0.388. The van der Waals surface area contributed by atoms with Crippen molar-refractivity contribution in [1.29, 1.82) is 0 Å². The predicted molar refractivity (Wildman–Crippen MR) is 75.8 cm³/mol.